The number of halogens is 2. The molecule has 0 spiro atoms. The zero-order valence-corrected chi connectivity index (χ0v) is 12.4. The van der Waals surface area contributed by atoms with E-state index in [9.17, 15) is 4.79 Å². The number of carbonyl (C=O) groups excluding carboxylic acids is 1. The molecule has 3 rings (SSSR count). The number of carbonyl (C=O) groups is 1. The van der Waals surface area contributed by atoms with Gasteiger partial charge < -0.3 is 5.32 Å². The van der Waals surface area contributed by atoms with Crippen LogP contribution in [-0.2, 0) is 11.2 Å². The molecule has 1 aliphatic carbocycles. The molecule has 2 nitrogen and oxygen atoms in total. The van der Waals surface area contributed by atoms with Crippen molar-refractivity contribution in [1.82, 2.24) is 0 Å². The number of nitrogens with one attached hydrogen (secondary N) is 1. The van der Waals surface area contributed by atoms with Gasteiger partial charge >= 0.3 is 0 Å². The van der Waals surface area contributed by atoms with Gasteiger partial charge in [-0.2, -0.15) is 0 Å². The van der Waals surface area contributed by atoms with E-state index in [4.69, 9.17) is 23.2 Å². The van der Waals surface area contributed by atoms with E-state index in [-0.39, 0.29) is 16.7 Å². The molecule has 1 heterocycles. The molecule has 1 unspecified atom stereocenters. The van der Waals surface area contributed by atoms with Crippen molar-refractivity contribution in [3.63, 3.8) is 0 Å². The van der Waals surface area contributed by atoms with Crippen LogP contribution in [0.5, 0.6) is 0 Å². The molecule has 1 saturated carbocycles. The van der Waals surface area contributed by atoms with Gasteiger partial charge in [0.2, 0.25) is 5.91 Å². The summed E-state index contributed by atoms with van der Waals surface area (Å²) in [6.45, 7) is 2.24. The molecule has 102 valence electrons. The Balaban J connectivity index is 1.97. The lowest BCUT2D eigenvalue weighted by Gasteiger charge is -2.30. The Bertz CT molecular complexity index is 535. The summed E-state index contributed by atoms with van der Waals surface area (Å²) in [5, 5.41) is 3.40. The predicted octanol–water partition coefficient (Wildman–Crippen LogP) is 4.69. The Morgan fingerprint density at radius 3 is 2.68 bits per heavy atom. The quantitative estimate of drug-likeness (QED) is 0.788. The number of amides is 1. The minimum absolute atomic E-state index is 0.0291. The third kappa shape index (κ3) is 2.25. The summed E-state index contributed by atoms with van der Waals surface area (Å²) >= 11 is 13.1. The molecule has 4 heteroatoms. The van der Waals surface area contributed by atoms with Gasteiger partial charge in [-0.1, -0.05) is 37.4 Å². The molecule has 0 aromatic heterocycles. The van der Waals surface area contributed by atoms with Gasteiger partial charge in [-0.3, -0.25) is 4.79 Å². The minimum Gasteiger partial charge on any atom is -0.325 e. The number of fused-ring (bicyclic) bond motifs is 1. The van der Waals surface area contributed by atoms with Crippen molar-refractivity contribution in [1.29, 1.82) is 0 Å². The Morgan fingerprint density at radius 1 is 1.32 bits per heavy atom. The van der Waals surface area contributed by atoms with Crippen LogP contribution < -0.4 is 5.32 Å². The van der Waals surface area contributed by atoms with E-state index >= 15 is 0 Å². The lowest BCUT2D eigenvalue weighted by Crippen LogP contribution is -2.18. The molecule has 1 fully saturated rings. The average Bonchev–Trinajstić information content (AvgIpc) is 2.93. The van der Waals surface area contributed by atoms with Gasteiger partial charge in [0, 0.05) is 10.7 Å². The van der Waals surface area contributed by atoms with Crippen LogP contribution in [-0.4, -0.2) is 5.91 Å². The molecule has 1 amide bonds. The SMILES string of the molecule is CC1(C(Cl)c2cc3c(cc2Cl)NC(=O)C3)CCCC1. The van der Waals surface area contributed by atoms with E-state index in [1.807, 2.05) is 12.1 Å². The highest BCUT2D eigenvalue weighted by atomic mass is 35.5. The van der Waals surface area contributed by atoms with Gasteiger partial charge in [-0.15, -0.1) is 11.6 Å². The second-order valence-corrected chi connectivity index (χ2v) is 6.82. The monoisotopic (exact) mass is 297 g/mol. The molecule has 1 atom stereocenters. The Labute approximate surface area is 123 Å². The highest BCUT2D eigenvalue weighted by Gasteiger charge is 2.38. The summed E-state index contributed by atoms with van der Waals surface area (Å²) in [5.41, 5.74) is 2.94. The maximum Gasteiger partial charge on any atom is 0.228 e. The summed E-state index contributed by atoms with van der Waals surface area (Å²) < 4.78 is 0. The van der Waals surface area contributed by atoms with Crippen molar-refractivity contribution in [3.05, 3.63) is 28.3 Å². The second kappa shape index (κ2) is 4.68. The molecule has 19 heavy (non-hydrogen) atoms. The molecule has 1 N–H and O–H groups in total. The van der Waals surface area contributed by atoms with Crippen LogP contribution in [0, 0.1) is 5.41 Å². The molecule has 0 bridgehead atoms. The topological polar surface area (TPSA) is 29.1 Å². The van der Waals surface area contributed by atoms with Crippen molar-refractivity contribution in [2.45, 2.75) is 44.4 Å². The zero-order valence-electron chi connectivity index (χ0n) is 10.9. The van der Waals surface area contributed by atoms with Gasteiger partial charge in [0.15, 0.2) is 0 Å². The van der Waals surface area contributed by atoms with Crippen molar-refractivity contribution in [3.8, 4) is 0 Å². The zero-order chi connectivity index (χ0) is 13.6. The highest BCUT2D eigenvalue weighted by Crippen LogP contribution is 2.52. The Morgan fingerprint density at radius 2 is 2.00 bits per heavy atom. The average molecular weight is 298 g/mol. The number of hydrogen-bond acceptors (Lipinski definition) is 1. The van der Waals surface area contributed by atoms with E-state index in [1.165, 1.54) is 12.8 Å². The lowest BCUT2D eigenvalue weighted by atomic mass is 9.81. The fraction of sp³-hybridized carbons (Fsp3) is 0.533. The predicted molar refractivity (Wildman–Crippen MR) is 79.0 cm³/mol. The van der Waals surface area contributed by atoms with Gasteiger partial charge in [-0.05, 0) is 35.4 Å². The summed E-state index contributed by atoms with van der Waals surface area (Å²) in [6.07, 6.45) is 5.20. The molecular weight excluding hydrogens is 281 g/mol. The minimum atomic E-state index is -0.0801. The molecule has 0 radical (unpaired) electrons. The number of anilines is 1. The second-order valence-electron chi connectivity index (χ2n) is 5.98. The van der Waals surface area contributed by atoms with E-state index in [1.54, 1.807) is 0 Å². The van der Waals surface area contributed by atoms with E-state index in [0.29, 0.717) is 11.4 Å². The smallest absolute Gasteiger partial charge is 0.228 e. The normalized spacial score (nSPS) is 22.2. The van der Waals surface area contributed by atoms with Crippen LogP contribution in [0.15, 0.2) is 12.1 Å². The first-order valence-electron chi connectivity index (χ1n) is 6.76. The maximum absolute atomic E-state index is 11.4. The van der Waals surface area contributed by atoms with Gasteiger partial charge in [0.1, 0.15) is 0 Å². The molecular formula is C15H17Cl2NO. The van der Waals surface area contributed by atoms with E-state index in [0.717, 1.165) is 29.7 Å². The molecule has 1 aromatic carbocycles. The van der Waals surface area contributed by atoms with Crippen molar-refractivity contribution < 1.29 is 4.79 Å². The molecule has 1 aliphatic heterocycles. The van der Waals surface area contributed by atoms with Crippen LogP contribution in [0.4, 0.5) is 5.69 Å². The first-order chi connectivity index (χ1) is 8.99. The van der Waals surface area contributed by atoms with Crippen LogP contribution >= 0.6 is 23.2 Å². The van der Waals surface area contributed by atoms with Gasteiger partial charge in [0.05, 0.1) is 11.8 Å². The van der Waals surface area contributed by atoms with Gasteiger partial charge in [0.25, 0.3) is 0 Å². The number of benzene rings is 1. The highest BCUT2D eigenvalue weighted by molar-refractivity contribution is 6.33. The first kappa shape index (κ1) is 13.3. The first-order valence-corrected chi connectivity index (χ1v) is 7.57. The Hall–Kier alpha value is -0.730. The Kier molecular flexibility index (Phi) is 3.26. The summed E-state index contributed by atoms with van der Waals surface area (Å²) in [7, 11) is 0. The van der Waals surface area contributed by atoms with E-state index < -0.39 is 0 Å². The van der Waals surface area contributed by atoms with Crippen molar-refractivity contribution >= 4 is 34.8 Å². The molecule has 0 saturated heterocycles. The molecule has 1 aromatic rings. The van der Waals surface area contributed by atoms with Crippen LogP contribution in [0.25, 0.3) is 0 Å². The maximum atomic E-state index is 11.4. The lowest BCUT2D eigenvalue weighted by molar-refractivity contribution is -0.115. The number of rotatable bonds is 2. The third-order valence-corrected chi connectivity index (χ3v) is 5.57. The third-order valence-electron chi connectivity index (χ3n) is 4.48. The van der Waals surface area contributed by atoms with Crippen LogP contribution in [0.3, 0.4) is 0 Å². The summed E-state index contributed by atoms with van der Waals surface area (Å²) in [5.74, 6) is 0.0291. The van der Waals surface area contributed by atoms with Crippen LogP contribution in [0.1, 0.15) is 49.1 Å². The number of hydrogen-bond donors (Lipinski definition) is 1. The van der Waals surface area contributed by atoms with Crippen molar-refractivity contribution in [2.24, 2.45) is 5.41 Å². The largest absolute Gasteiger partial charge is 0.325 e. The summed E-state index contributed by atoms with van der Waals surface area (Å²) in [4.78, 5) is 11.4. The van der Waals surface area contributed by atoms with Gasteiger partial charge in [-0.25, -0.2) is 0 Å². The fourth-order valence-corrected chi connectivity index (χ4v) is 4.00. The fourth-order valence-electron chi connectivity index (χ4n) is 3.27. The standard InChI is InChI=1S/C15H17Cl2NO/c1-15(4-2-3-5-15)14(17)10-6-9-7-13(19)18-12(9)8-11(10)16/h6,8,14H,2-5,7H2,1H3,(H,18,19). The summed E-state index contributed by atoms with van der Waals surface area (Å²) in [6, 6.07) is 3.85. The number of alkyl halides is 1. The van der Waals surface area contributed by atoms with E-state index in [2.05, 4.69) is 12.2 Å². The van der Waals surface area contributed by atoms with Crippen molar-refractivity contribution in [2.75, 3.05) is 5.32 Å². The molecule has 2 aliphatic rings. The van der Waals surface area contributed by atoms with Crippen LogP contribution in [0.2, 0.25) is 5.02 Å².